The van der Waals surface area contributed by atoms with Crippen molar-refractivity contribution in [1.82, 2.24) is 4.98 Å². The highest BCUT2D eigenvalue weighted by molar-refractivity contribution is 6.11. The van der Waals surface area contributed by atoms with E-state index in [1.165, 1.54) is 33.2 Å². The van der Waals surface area contributed by atoms with Gasteiger partial charge in [0.2, 0.25) is 5.69 Å². The third-order valence-electron chi connectivity index (χ3n) is 4.87. The van der Waals surface area contributed by atoms with Gasteiger partial charge in [0.25, 0.3) is 0 Å². The third-order valence-corrected chi connectivity index (χ3v) is 4.87. The summed E-state index contributed by atoms with van der Waals surface area (Å²) in [6, 6.07) is 21.0. The molecule has 0 bridgehead atoms. The van der Waals surface area contributed by atoms with Gasteiger partial charge in [-0.1, -0.05) is 30.3 Å². The lowest BCUT2D eigenvalue weighted by atomic mass is 10.1. The summed E-state index contributed by atoms with van der Waals surface area (Å²) < 4.78 is 7.78. The van der Waals surface area contributed by atoms with Crippen molar-refractivity contribution < 1.29 is 26.3 Å². The van der Waals surface area contributed by atoms with Crippen LogP contribution >= 0.6 is 0 Å². The molecule has 128 valence electrons. The predicted molar refractivity (Wildman–Crippen MR) is 98.5 cm³/mol. The number of pyridine rings is 2. The normalized spacial score (nSPS) is 11.1. The molecule has 3 nitrogen and oxygen atoms in total. The Morgan fingerprint density at radius 3 is 2.62 bits per heavy atom. The molecule has 1 aliphatic carbocycles. The van der Waals surface area contributed by atoms with Gasteiger partial charge in [0.15, 0.2) is 12.7 Å². The fourth-order valence-electron chi connectivity index (χ4n) is 3.71. The highest BCUT2D eigenvalue weighted by Crippen LogP contribution is 2.45. The van der Waals surface area contributed by atoms with Gasteiger partial charge in [-0.05, 0) is 29.7 Å². The lowest BCUT2D eigenvalue weighted by Gasteiger charge is -2.06. The molecule has 2 aromatic heterocycles. The number of methoxy groups -OCH3 is 1. The van der Waals surface area contributed by atoms with E-state index >= 15 is 0 Å². The molecule has 0 saturated heterocycles. The van der Waals surface area contributed by atoms with Crippen LogP contribution in [0.5, 0.6) is 5.75 Å². The molecular formula is C22H17BrN2O. The summed E-state index contributed by atoms with van der Waals surface area (Å²) in [7, 11) is 1.71. The molecule has 0 amide bonds. The molecule has 2 heterocycles. The van der Waals surface area contributed by atoms with Crippen molar-refractivity contribution in [1.29, 1.82) is 0 Å². The summed E-state index contributed by atoms with van der Waals surface area (Å²) in [6.07, 6.45) is 4.06. The van der Waals surface area contributed by atoms with Crippen LogP contribution < -0.4 is 26.3 Å². The summed E-state index contributed by atoms with van der Waals surface area (Å²) in [4.78, 5) is 4.67. The molecule has 1 aliphatic rings. The smallest absolute Gasteiger partial charge is 0.223 e. The van der Waals surface area contributed by atoms with Crippen LogP contribution in [0.2, 0.25) is 0 Å². The fourth-order valence-corrected chi connectivity index (χ4v) is 3.71. The van der Waals surface area contributed by atoms with Crippen molar-refractivity contribution in [2.24, 2.45) is 0 Å². The zero-order valence-electron chi connectivity index (χ0n) is 14.3. The van der Waals surface area contributed by atoms with Gasteiger partial charge in [0.1, 0.15) is 5.75 Å². The standard InChI is InChI=1S/C22H17N2O.BrH/c1-25-17-7-8-18-19(13-17)22-20-16(9-11-23-21(18)20)10-12-24(22)14-15-5-3-2-4-6-15;/h2-13H,14H2,1H3;1H/q+1;/p-1. The van der Waals surface area contributed by atoms with E-state index in [2.05, 4.69) is 70.3 Å². The molecule has 0 fully saturated rings. The SMILES string of the molecule is COc1ccc2c(c1)-c1c3c-2nccc3cc[n+]1Cc1ccccc1.[Br-]. The first-order valence-corrected chi connectivity index (χ1v) is 8.39. The molecule has 5 rings (SSSR count). The lowest BCUT2D eigenvalue weighted by molar-refractivity contribution is -0.676. The molecule has 0 N–H and O–H groups in total. The Hall–Kier alpha value is -2.72. The van der Waals surface area contributed by atoms with Gasteiger partial charge >= 0.3 is 0 Å². The minimum atomic E-state index is 0. The van der Waals surface area contributed by atoms with Gasteiger partial charge in [-0.15, -0.1) is 0 Å². The van der Waals surface area contributed by atoms with E-state index < -0.39 is 0 Å². The number of aromatic nitrogens is 2. The van der Waals surface area contributed by atoms with Gasteiger partial charge < -0.3 is 21.7 Å². The Morgan fingerprint density at radius 1 is 0.962 bits per heavy atom. The minimum Gasteiger partial charge on any atom is -1.00 e. The first kappa shape index (κ1) is 16.7. The number of hydrogen-bond acceptors (Lipinski definition) is 2. The summed E-state index contributed by atoms with van der Waals surface area (Å²) in [5, 5.41) is 2.45. The predicted octanol–water partition coefficient (Wildman–Crippen LogP) is 1.23. The van der Waals surface area contributed by atoms with E-state index in [-0.39, 0.29) is 17.0 Å². The van der Waals surface area contributed by atoms with Gasteiger partial charge in [-0.25, -0.2) is 0 Å². The number of benzene rings is 2. The Kier molecular flexibility index (Phi) is 4.21. The number of nitrogens with zero attached hydrogens (tertiary/aromatic N) is 2. The Labute approximate surface area is 162 Å². The molecule has 4 heteroatoms. The monoisotopic (exact) mass is 404 g/mol. The summed E-state index contributed by atoms with van der Waals surface area (Å²) in [6.45, 7) is 0.830. The van der Waals surface area contributed by atoms with Crippen molar-refractivity contribution in [3.8, 4) is 28.3 Å². The van der Waals surface area contributed by atoms with E-state index in [4.69, 9.17) is 4.74 Å². The average molecular weight is 405 g/mol. The number of hydrogen-bond donors (Lipinski definition) is 0. The Balaban J connectivity index is 0.00000168. The van der Waals surface area contributed by atoms with E-state index in [9.17, 15) is 0 Å². The summed E-state index contributed by atoms with van der Waals surface area (Å²) >= 11 is 0. The van der Waals surface area contributed by atoms with Crippen molar-refractivity contribution in [2.75, 3.05) is 7.11 Å². The van der Waals surface area contributed by atoms with Crippen LogP contribution in [-0.2, 0) is 6.54 Å². The van der Waals surface area contributed by atoms with Crippen molar-refractivity contribution in [3.63, 3.8) is 0 Å². The lowest BCUT2D eigenvalue weighted by Crippen LogP contribution is -3.00. The Morgan fingerprint density at radius 2 is 1.81 bits per heavy atom. The number of rotatable bonds is 3. The molecule has 4 aromatic rings. The number of fused-ring (bicyclic) bond motifs is 3. The molecule has 0 radical (unpaired) electrons. The van der Waals surface area contributed by atoms with Crippen molar-refractivity contribution in [2.45, 2.75) is 6.54 Å². The maximum Gasteiger partial charge on any atom is 0.223 e. The molecule has 0 spiro atoms. The van der Waals surface area contributed by atoms with Crippen molar-refractivity contribution in [3.05, 3.63) is 78.6 Å². The van der Waals surface area contributed by atoms with Gasteiger partial charge in [0.05, 0.1) is 23.8 Å². The van der Waals surface area contributed by atoms with E-state index in [0.29, 0.717) is 0 Å². The number of ether oxygens (including phenoxy) is 1. The third kappa shape index (κ3) is 2.49. The maximum absolute atomic E-state index is 5.46. The maximum atomic E-state index is 5.46. The number of halogens is 1. The van der Waals surface area contributed by atoms with Crippen LogP contribution in [0.4, 0.5) is 0 Å². The second-order valence-corrected chi connectivity index (χ2v) is 6.31. The van der Waals surface area contributed by atoms with E-state index in [1.807, 2.05) is 12.3 Å². The van der Waals surface area contributed by atoms with Crippen LogP contribution in [0.15, 0.2) is 73.1 Å². The molecule has 0 aliphatic heterocycles. The molecule has 26 heavy (non-hydrogen) atoms. The van der Waals surface area contributed by atoms with Crippen molar-refractivity contribution >= 4 is 10.8 Å². The van der Waals surface area contributed by atoms with Crippen LogP contribution in [0.3, 0.4) is 0 Å². The molecule has 0 saturated carbocycles. The van der Waals surface area contributed by atoms with Crippen LogP contribution in [-0.4, -0.2) is 12.1 Å². The molecule has 0 unspecified atom stereocenters. The molecule has 0 atom stereocenters. The van der Waals surface area contributed by atoms with Gasteiger partial charge in [0, 0.05) is 23.4 Å². The van der Waals surface area contributed by atoms with E-state index in [0.717, 1.165) is 18.0 Å². The van der Waals surface area contributed by atoms with Crippen LogP contribution in [0.25, 0.3) is 33.3 Å². The summed E-state index contributed by atoms with van der Waals surface area (Å²) in [5.41, 5.74) is 5.93. The average Bonchev–Trinajstić information content (AvgIpc) is 3.00. The largest absolute Gasteiger partial charge is 1.00 e. The Bertz CT molecular complexity index is 1110. The zero-order valence-corrected chi connectivity index (χ0v) is 15.9. The minimum absolute atomic E-state index is 0. The van der Waals surface area contributed by atoms with E-state index in [1.54, 1.807) is 7.11 Å². The molecular weight excluding hydrogens is 388 g/mol. The second-order valence-electron chi connectivity index (χ2n) is 6.31. The highest BCUT2D eigenvalue weighted by Gasteiger charge is 2.31. The highest BCUT2D eigenvalue weighted by atomic mass is 79.9. The first-order chi connectivity index (χ1) is 12.3. The fraction of sp³-hybridized carbons (Fsp3) is 0.0909. The zero-order chi connectivity index (χ0) is 16.8. The molecule has 2 aromatic carbocycles. The quantitative estimate of drug-likeness (QED) is 0.422. The van der Waals surface area contributed by atoms with Crippen LogP contribution in [0, 0.1) is 0 Å². The first-order valence-electron chi connectivity index (χ1n) is 8.39. The topological polar surface area (TPSA) is 26.0 Å². The van der Waals surface area contributed by atoms with Gasteiger partial charge in [-0.3, -0.25) is 4.98 Å². The second kappa shape index (κ2) is 6.54. The summed E-state index contributed by atoms with van der Waals surface area (Å²) in [5.74, 6) is 0.870. The van der Waals surface area contributed by atoms with Crippen LogP contribution in [0.1, 0.15) is 5.56 Å². The van der Waals surface area contributed by atoms with Gasteiger partial charge in [-0.2, -0.15) is 4.57 Å².